The van der Waals surface area contributed by atoms with Crippen LogP contribution in [0, 0.1) is 0 Å². The van der Waals surface area contributed by atoms with Gasteiger partial charge in [-0.1, -0.05) is 18.2 Å². The Hall–Kier alpha value is -1.84. The van der Waals surface area contributed by atoms with Gasteiger partial charge in [-0.05, 0) is 24.5 Å². The van der Waals surface area contributed by atoms with E-state index in [2.05, 4.69) is 4.74 Å². The predicted octanol–water partition coefficient (Wildman–Crippen LogP) is 1.53. The van der Waals surface area contributed by atoms with E-state index in [0.29, 0.717) is 6.54 Å². The average molecular weight is 233 g/mol. The fourth-order valence-corrected chi connectivity index (χ4v) is 2.08. The van der Waals surface area contributed by atoms with Crippen molar-refractivity contribution >= 4 is 17.6 Å². The number of carbonyl (C=O) groups is 2. The second-order valence-corrected chi connectivity index (χ2v) is 4.03. The Kier molecular flexibility index (Phi) is 3.42. The van der Waals surface area contributed by atoms with Gasteiger partial charge in [-0.3, -0.25) is 9.59 Å². The Morgan fingerprint density at radius 1 is 1.35 bits per heavy atom. The van der Waals surface area contributed by atoms with E-state index in [4.69, 9.17) is 0 Å². The molecule has 4 nitrogen and oxygen atoms in total. The summed E-state index contributed by atoms with van der Waals surface area (Å²) in [4.78, 5) is 24.7. The second-order valence-electron chi connectivity index (χ2n) is 4.03. The molecule has 0 aliphatic carbocycles. The van der Waals surface area contributed by atoms with E-state index in [-0.39, 0.29) is 12.3 Å². The van der Waals surface area contributed by atoms with Crippen LogP contribution in [0.1, 0.15) is 18.4 Å². The Morgan fingerprint density at radius 3 is 2.88 bits per heavy atom. The molecule has 0 bridgehead atoms. The quantitative estimate of drug-likeness (QED) is 0.575. The first-order chi connectivity index (χ1) is 8.22. The zero-order valence-electron chi connectivity index (χ0n) is 9.81. The fourth-order valence-electron chi connectivity index (χ4n) is 2.08. The number of methoxy groups -OCH3 is 1. The van der Waals surface area contributed by atoms with Gasteiger partial charge >= 0.3 is 5.97 Å². The van der Waals surface area contributed by atoms with Crippen molar-refractivity contribution in [2.24, 2.45) is 0 Å². The van der Waals surface area contributed by atoms with Crippen LogP contribution in [0.2, 0.25) is 0 Å². The molecule has 0 saturated heterocycles. The molecule has 0 spiro atoms. The van der Waals surface area contributed by atoms with Gasteiger partial charge in [0.05, 0.1) is 7.11 Å². The molecule has 1 aromatic carbocycles. The lowest BCUT2D eigenvalue weighted by Crippen LogP contribution is -2.36. The molecule has 0 unspecified atom stereocenters. The second kappa shape index (κ2) is 4.99. The first-order valence-electron chi connectivity index (χ1n) is 5.67. The van der Waals surface area contributed by atoms with Gasteiger partial charge in [0.15, 0.2) is 0 Å². The van der Waals surface area contributed by atoms with Crippen molar-refractivity contribution in [3.8, 4) is 0 Å². The third-order valence-electron chi connectivity index (χ3n) is 2.93. The van der Waals surface area contributed by atoms with Crippen LogP contribution in [0.25, 0.3) is 0 Å². The van der Waals surface area contributed by atoms with Gasteiger partial charge in [0, 0.05) is 12.2 Å². The monoisotopic (exact) mass is 233 g/mol. The van der Waals surface area contributed by atoms with Gasteiger partial charge in [0.1, 0.15) is 6.42 Å². The number of benzene rings is 1. The molecule has 0 fully saturated rings. The van der Waals surface area contributed by atoms with Crippen molar-refractivity contribution in [1.82, 2.24) is 0 Å². The normalized spacial score (nSPS) is 14.1. The molecule has 1 aromatic rings. The number of para-hydroxylation sites is 1. The average Bonchev–Trinajstić information content (AvgIpc) is 2.37. The number of ether oxygens (including phenoxy) is 1. The lowest BCUT2D eigenvalue weighted by molar-refractivity contribution is -0.143. The molecule has 1 heterocycles. The molecule has 0 saturated carbocycles. The number of amides is 1. The highest BCUT2D eigenvalue weighted by Crippen LogP contribution is 2.27. The number of nitrogens with zero attached hydrogens (tertiary/aromatic N) is 1. The van der Waals surface area contributed by atoms with Crippen LogP contribution in [0.3, 0.4) is 0 Å². The van der Waals surface area contributed by atoms with Crippen LogP contribution in [-0.4, -0.2) is 25.5 Å². The summed E-state index contributed by atoms with van der Waals surface area (Å²) in [6.07, 6.45) is 1.73. The summed E-state index contributed by atoms with van der Waals surface area (Å²) in [5.74, 6) is -0.679. The van der Waals surface area contributed by atoms with E-state index >= 15 is 0 Å². The number of hydrogen-bond donors (Lipinski definition) is 0. The summed E-state index contributed by atoms with van der Waals surface area (Å²) in [7, 11) is 1.29. The van der Waals surface area contributed by atoms with Gasteiger partial charge < -0.3 is 9.64 Å². The molecule has 0 aromatic heterocycles. The summed E-state index contributed by atoms with van der Waals surface area (Å²) in [6.45, 7) is 0.673. The molecule has 0 radical (unpaired) electrons. The number of rotatable bonds is 2. The molecule has 1 aliphatic heterocycles. The van der Waals surface area contributed by atoms with E-state index in [1.54, 1.807) is 4.90 Å². The van der Waals surface area contributed by atoms with Crippen LogP contribution < -0.4 is 4.90 Å². The summed E-state index contributed by atoms with van der Waals surface area (Å²) in [5.41, 5.74) is 2.09. The number of carbonyl (C=O) groups excluding carboxylic acids is 2. The van der Waals surface area contributed by atoms with Crippen LogP contribution in [-0.2, 0) is 20.7 Å². The van der Waals surface area contributed by atoms with Gasteiger partial charge in [0.25, 0.3) is 0 Å². The maximum absolute atomic E-state index is 12.0. The van der Waals surface area contributed by atoms with E-state index in [1.807, 2.05) is 24.3 Å². The standard InChI is InChI=1S/C13H15NO3/c1-17-13(16)9-12(15)14-8-4-6-10-5-2-3-7-11(10)14/h2-3,5,7H,4,6,8-9H2,1H3. The number of fused-ring (bicyclic) bond motifs is 1. The SMILES string of the molecule is COC(=O)CC(=O)N1CCCc2ccccc21. The third-order valence-corrected chi connectivity index (χ3v) is 2.93. The fraction of sp³-hybridized carbons (Fsp3) is 0.385. The number of esters is 1. The van der Waals surface area contributed by atoms with Gasteiger partial charge in [-0.15, -0.1) is 0 Å². The third kappa shape index (κ3) is 2.46. The van der Waals surface area contributed by atoms with Crippen molar-refractivity contribution < 1.29 is 14.3 Å². The summed E-state index contributed by atoms with van der Waals surface area (Å²) in [5, 5.41) is 0. The molecule has 1 aliphatic rings. The van der Waals surface area contributed by atoms with Crippen LogP contribution >= 0.6 is 0 Å². The van der Waals surface area contributed by atoms with Crippen molar-refractivity contribution in [2.75, 3.05) is 18.6 Å². The lowest BCUT2D eigenvalue weighted by atomic mass is 10.0. The predicted molar refractivity (Wildman–Crippen MR) is 63.7 cm³/mol. The molecule has 90 valence electrons. The summed E-state index contributed by atoms with van der Waals surface area (Å²) < 4.78 is 4.51. The molecule has 2 rings (SSSR count). The number of aryl methyl sites for hydroxylation is 1. The molecular formula is C13H15NO3. The highest BCUT2D eigenvalue weighted by molar-refractivity contribution is 6.04. The van der Waals surface area contributed by atoms with E-state index in [0.717, 1.165) is 24.1 Å². The molecule has 1 amide bonds. The first kappa shape index (κ1) is 11.6. The Bertz CT molecular complexity index is 442. The number of anilines is 1. The highest BCUT2D eigenvalue weighted by atomic mass is 16.5. The maximum Gasteiger partial charge on any atom is 0.315 e. The van der Waals surface area contributed by atoms with E-state index < -0.39 is 5.97 Å². The molecular weight excluding hydrogens is 218 g/mol. The van der Waals surface area contributed by atoms with Crippen LogP contribution in [0.5, 0.6) is 0 Å². The minimum Gasteiger partial charge on any atom is -0.469 e. The summed E-state index contributed by atoms with van der Waals surface area (Å²) in [6, 6.07) is 7.81. The molecule has 0 N–H and O–H groups in total. The summed E-state index contributed by atoms with van der Waals surface area (Å²) >= 11 is 0. The largest absolute Gasteiger partial charge is 0.469 e. The topological polar surface area (TPSA) is 46.6 Å². The van der Waals surface area contributed by atoms with Gasteiger partial charge in [-0.25, -0.2) is 0 Å². The molecule has 0 atom stereocenters. The Labute approximate surface area is 100 Å². The van der Waals surface area contributed by atoms with Crippen LogP contribution in [0.4, 0.5) is 5.69 Å². The van der Waals surface area contributed by atoms with Gasteiger partial charge in [-0.2, -0.15) is 0 Å². The van der Waals surface area contributed by atoms with E-state index in [1.165, 1.54) is 7.11 Å². The van der Waals surface area contributed by atoms with Crippen LogP contribution in [0.15, 0.2) is 24.3 Å². The van der Waals surface area contributed by atoms with Crippen molar-refractivity contribution in [3.63, 3.8) is 0 Å². The van der Waals surface area contributed by atoms with E-state index in [9.17, 15) is 9.59 Å². The zero-order valence-corrected chi connectivity index (χ0v) is 9.81. The Balaban J connectivity index is 2.18. The van der Waals surface area contributed by atoms with Crippen molar-refractivity contribution in [1.29, 1.82) is 0 Å². The van der Waals surface area contributed by atoms with Crippen molar-refractivity contribution in [3.05, 3.63) is 29.8 Å². The zero-order chi connectivity index (χ0) is 12.3. The van der Waals surface area contributed by atoms with Gasteiger partial charge in [0.2, 0.25) is 5.91 Å². The Morgan fingerprint density at radius 2 is 2.12 bits per heavy atom. The highest BCUT2D eigenvalue weighted by Gasteiger charge is 2.23. The number of hydrogen-bond acceptors (Lipinski definition) is 3. The maximum atomic E-state index is 12.0. The first-order valence-corrected chi connectivity index (χ1v) is 5.67. The minimum atomic E-state index is -0.488. The lowest BCUT2D eigenvalue weighted by Gasteiger charge is -2.29. The minimum absolute atomic E-state index is 0.190. The smallest absolute Gasteiger partial charge is 0.315 e. The van der Waals surface area contributed by atoms with Crippen molar-refractivity contribution in [2.45, 2.75) is 19.3 Å². The molecule has 17 heavy (non-hydrogen) atoms. The molecule has 4 heteroatoms.